The topological polar surface area (TPSA) is 170 Å². The molecule has 1 fully saturated rings. The minimum Gasteiger partial charge on any atom is -0.507 e. The summed E-state index contributed by atoms with van der Waals surface area (Å²) in [5.41, 5.74) is -3.64. The molecule has 0 bridgehead atoms. The van der Waals surface area contributed by atoms with Gasteiger partial charge >= 0.3 is 5.69 Å². The molecule has 2 aromatic carbocycles. The number of rotatable bonds is 6. The van der Waals surface area contributed by atoms with Crippen molar-refractivity contribution in [3.05, 3.63) is 66.9 Å². The number of sulfonamides is 1. The zero-order chi connectivity index (χ0) is 27.2. The van der Waals surface area contributed by atoms with Crippen LogP contribution in [0.1, 0.15) is 31.0 Å². The number of nitrogens with two attached hydrogens (primary N) is 1. The van der Waals surface area contributed by atoms with Crippen molar-refractivity contribution in [3.8, 4) is 29.0 Å². The fourth-order valence-electron chi connectivity index (χ4n) is 3.71. The third kappa shape index (κ3) is 5.03. The molecule has 1 saturated carbocycles. The maximum atomic E-state index is 13.6. The summed E-state index contributed by atoms with van der Waals surface area (Å²) in [6.45, 7) is 0. The number of phenolic OH excluding ortho intramolecular Hbond substituents is 1. The highest BCUT2D eigenvalue weighted by Gasteiger charge is 2.35. The first-order valence-corrected chi connectivity index (χ1v) is 12.6. The standard InChI is InChI=1S/C21H15Cl2F2N5O6S/c22-13-5-11(6-14(23)18(13)36-12-1-2-15(31)16(7-12)37(27,34)35)30-21(33)29(10-3-9(4-10)8-26)20(32)17(28-30)19(24)25/h1-2,5-7,9-10,19,31H,3-4H2,(H2,27,34,35). The Morgan fingerprint density at radius 3 is 2.35 bits per heavy atom. The molecular weight excluding hydrogens is 559 g/mol. The molecule has 1 aliphatic rings. The third-order valence-electron chi connectivity index (χ3n) is 5.59. The number of halogens is 4. The number of hydrogen-bond acceptors (Lipinski definition) is 8. The van der Waals surface area contributed by atoms with Gasteiger partial charge in [0.05, 0.1) is 27.7 Å². The van der Waals surface area contributed by atoms with Gasteiger partial charge in [-0.1, -0.05) is 23.2 Å². The summed E-state index contributed by atoms with van der Waals surface area (Å²) < 4.78 is 57.2. The van der Waals surface area contributed by atoms with Gasteiger partial charge in [-0.2, -0.15) is 15.0 Å². The van der Waals surface area contributed by atoms with Crippen LogP contribution in [-0.2, 0) is 10.0 Å². The summed E-state index contributed by atoms with van der Waals surface area (Å²) in [6, 6.07) is 6.60. The Morgan fingerprint density at radius 2 is 1.81 bits per heavy atom. The molecule has 3 N–H and O–H groups in total. The first-order chi connectivity index (χ1) is 17.3. The predicted molar refractivity (Wildman–Crippen MR) is 126 cm³/mol. The summed E-state index contributed by atoms with van der Waals surface area (Å²) in [7, 11) is -4.29. The summed E-state index contributed by atoms with van der Waals surface area (Å²) in [4.78, 5) is 25.0. The van der Waals surface area contributed by atoms with Gasteiger partial charge in [-0.25, -0.2) is 27.1 Å². The number of aromatic hydroxyl groups is 1. The number of nitriles is 1. The summed E-state index contributed by atoms with van der Waals surface area (Å²) in [5, 5.41) is 26.8. The van der Waals surface area contributed by atoms with Crippen LogP contribution in [0.25, 0.3) is 5.69 Å². The van der Waals surface area contributed by atoms with E-state index in [2.05, 4.69) is 5.10 Å². The molecule has 0 atom stereocenters. The van der Waals surface area contributed by atoms with E-state index >= 15 is 0 Å². The average molecular weight is 574 g/mol. The van der Waals surface area contributed by atoms with Gasteiger partial charge in [0.2, 0.25) is 10.0 Å². The van der Waals surface area contributed by atoms with Crippen molar-refractivity contribution in [3.63, 3.8) is 0 Å². The maximum absolute atomic E-state index is 13.6. The van der Waals surface area contributed by atoms with Crippen LogP contribution in [0, 0.1) is 17.2 Å². The number of ether oxygens (including phenoxy) is 1. The minimum atomic E-state index is -4.29. The molecule has 3 aromatic rings. The van der Waals surface area contributed by atoms with Gasteiger partial charge in [-0.05, 0) is 37.1 Å². The Bertz CT molecular complexity index is 1660. The Balaban J connectivity index is 1.79. The van der Waals surface area contributed by atoms with Crippen LogP contribution in [0.2, 0.25) is 10.0 Å². The molecule has 1 heterocycles. The SMILES string of the molecule is N#CC1CC(n2c(=O)c(C(F)F)nn(-c3cc(Cl)c(Oc4ccc(O)c(S(N)(=O)=O)c4)c(Cl)c3)c2=O)C1. The zero-order valence-electron chi connectivity index (χ0n) is 18.3. The molecule has 194 valence electrons. The van der Waals surface area contributed by atoms with E-state index in [-0.39, 0.29) is 40.1 Å². The highest BCUT2D eigenvalue weighted by molar-refractivity contribution is 7.89. The van der Waals surface area contributed by atoms with Crippen LogP contribution >= 0.6 is 23.2 Å². The van der Waals surface area contributed by atoms with Gasteiger partial charge in [-0.15, -0.1) is 0 Å². The predicted octanol–water partition coefficient (Wildman–Crippen LogP) is 3.26. The molecule has 11 nitrogen and oxygen atoms in total. The molecule has 37 heavy (non-hydrogen) atoms. The van der Waals surface area contributed by atoms with E-state index in [0.717, 1.165) is 24.3 Å². The molecule has 1 aromatic heterocycles. The lowest BCUT2D eigenvalue weighted by molar-refractivity contribution is 0.137. The number of nitrogens with zero attached hydrogens (tertiary/aromatic N) is 4. The van der Waals surface area contributed by atoms with E-state index in [1.54, 1.807) is 0 Å². The smallest absolute Gasteiger partial charge is 0.352 e. The Hall–Kier alpha value is -3.51. The molecule has 0 spiro atoms. The molecule has 0 aliphatic heterocycles. The number of hydrogen-bond donors (Lipinski definition) is 2. The van der Waals surface area contributed by atoms with Crippen molar-refractivity contribution < 1.29 is 27.0 Å². The number of benzene rings is 2. The van der Waals surface area contributed by atoms with Crippen LogP contribution in [0.3, 0.4) is 0 Å². The summed E-state index contributed by atoms with van der Waals surface area (Å²) >= 11 is 12.5. The lowest BCUT2D eigenvalue weighted by Gasteiger charge is -2.31. The highest BCUT2D eigenvalue weighted by atomic mass is 35.5. The second-order valence-electron chi connectivity index (χ2n) is 8.02. The summed E-state index contributed by atoms with van der Waals surface area (Å²) in [6.07, 6.45) is -3.02. The Kier molecular flexibility index (Phi) is 6.99. The van der Waals surface area contributed by atoms with Crippen molar-refractivity contribution in [2.45, 2.75) is 30.2 Å². The number of phenols is 1. The lowest BCUT2D eigenvalue weighted by Crippen LogP contribution is -2.48. The molecule has 16 heteroatoms. The van der Waals surface area contributed by atoms with E-state index in [1.165, 1.54) is 6.07 Å². The molecule has 0 radical (unpaired) electrons. The van der Waals surface area contributed by atoms with Crippen molar-refractivity contribution >= 4 is 33.2 Å². The van der Waals surface area contributed by atoms with Gasteiger partial charge in [0.15, 0.2) is 11.4 Å². The van der Waals surface area contributed by atoms with Crippen LogP contribution in [-0.4, -0.2) is 27.9 Å². The molecule has 4 rings (SSSR count). The molecule has 1 aliphatic carbocycles. The fourth-order valence-corrected chi connectivity index (χ4v) is 4.90. The van der Waals surface area contributed by atoms with E-state index in [9.17, 15) is 31.9 Å². The molecule has 0 saturated heterocycles. The molecule has 0 amide bonds. The average Bonchev–Trinajstić information content (AvgIpc) is 2.77. The highest BCUT2D eigenvalue weighted by Crippen LogP contribution is 2.40. The van der Waals surface area contributed by atoms with Crippen LogP contribution in [0.5, 0.6) is 17.2 Å². The maximum Gasteiger partial charge on any atom is 0.352 e. The van der Waals surface area contributed by atoms with E-state index in [4.69, 9.17) is 38.3 Å². The van der Waals surface area contributed by atoms with E-state index < -0.39 is 56.0 Å². The monoisotopic (exact) mass is 573 g/mol. The van der Waals surface area contributed by atoms with Gasteiger partial charge < -0.3 is 9.84 Å². The van der Waals surface area contributed by atoms with Crippen molar-refractivity contribution in [2.75, 3.05) is 0 Å². The number of primary sulfonamides is 1. The lowest BCUT2D eigenvalue weighted by atomic mass is 9.81. The zero-order valence-corrected chi connectivity index (χ0v) is 20.6. The van der Waals surface area contributed by atoms with Crippen LogP contribution in [0.4, 0.5) is 8.78 Å². The first kappa shape index (κ1) is 26.6. The number of aromatic nitrogens is 3. The number of alkyl halides is 2. The normalized spacial score (nSPS) is 17.3. The van der Waals surface area contributed by atoms with Crippen molar-refractivity contribution in [2.24, 2.45) is 11.1 Å². The second kappa shape index (κ2) is 9.75. The first-order valence-electron chi connectivity index (χ1n) is 10.3. The Morgan fingerprint density at radius 1 is 1.19 bits per heavy atom. The molecule has 0 unspecified atom stereocenters. The minimum absolute atomic E-state index is 0.126. The third-order valence-corrected chi connectivity index (χ3v) is 7.09. The van der Waals surface area contributed by atoms with Crippen LogP contribution < -0.4 is 21.1 Å². The second-order valence-corrected chi connectivity index (χ2v) is 10.4. The van der Waals surface area contributed by atoms with Gasteiger partial charge in [0.25, 0.3) is 12.0 Å². The van der Waals surface area contributed by atoms with Gasteiger partial charge in [-0.3, -0.25) is 9.36 Å². The summed E-state index contributed by atoms with van der Waals surface area (Å²) in [5.74, 6) is -1.36. The largest absolute Gasteiger partial charge is 0.507 e. The van der Waals surface area contributed by atoms with Crippen molar-refractivity contribution in [1.29, 1.82) is 5.26 Å². The van der Waals surface area contributed by atoms with E-state index in [0.29, 0.717) is 9.25 Å². The van der Waals surface area contributed by atoms with Crippen molar-refractivity contribution in [1.82, 2.24) is 14.3 Å². The fraction of sp³-hybridized carbons (Fsp3) is 0.238. The quantitative estimate of drug-likeness (QED) is 0.452. The van der Waals surface area contributed by atoms with Gasteiger partial charge in [0, 0.05) is 12.1 Å². The Labute approximate surface area is 216 Å². The van der Waals surface area contributed by atoms with Crippen LogP contribution in [0.15, 0.2) is 44.8 Å². The molecular formula is C21H15Cl2F2N5O6S. The van der Waals surface area contributed by atoms with E-state index in [1.807, 2.05) is 6.07 Å². The van der Waals surface area contributed by atoms with Gasteiger partial charge in [0.1, 0.15) is 16.4 Å².